The van der Waals surface area contributed by atoms with Crippen molar-refractivity contribution >= 4 is 17.2 Å². The highest BCUT2D eigenvalue weighted by molar-refractivity contribution is 7.13. The van der Waals surface area contributed by atoms with Gasteiger partial charge in [0.15, 0.2) is 0 Å². The van der Waals surface area contributed by atoms with E-state index in [0.717, 1.165) is 30.8 Å². The van der Waals surface area contributed by atoms with Crippen molar-refractivity contribution in [1.82, 2.24) is 20.4 Å². The molecule has 0 aromatic carbocycles. The molecular weight excluding hydrogens is 288 g/mol. The standard InChI is InChI=1S/C14H18N4O2S/c1-15-14(19)10-4-6-18(7-5-10)9-12-16-13(17-20-12)11-3-2-8-21-11/h2-3,8,10H,4-7,9H2,1H3,(H,15,19). The smallest absolute Gasteiger partial charge is 0.241 e. The van der Waals surface area contributed by atoms with Crippen LogP contribution in [-0.2, 0) is 11.3 Å². The highest BCUT2D eigenvalue weighted by Crippen LogP contribution is 2.23. The van der Waals surface area contributed by atoms with Gasteiger partial charge in [0, 0.05) is 13.0 Å². The van der Waals surface area contributed by atoms with Crippen LogP contribution in [0.5, 0.6) is 0 Å². The zero-order chi connectivity index (χ0) is 14.7. The molecule has 3 heterocycles. The summed E-state index contributed by atoms with van der Waals surface area (Å²) in [6, 6.07) is 3.95. The van der Waals surface area contributed by atoms with Gasteiger partial charge < -0.3 is 9.84 Å². The second-order valence-corrected chi connectivity index (χ2v) is 6.10. The molecule has 21 heavy (non-hydrogen) atoms. The number of amides is 1. The summed E-state index contributed by atoms with van der Waals surface area (Å²) in [5.41, 5.74) is 0. The Labute approximate surface area is 127 Å². The molecule has 1 aliphatic heterocycles. The van der Waals surface area contributed by atoms with Crippen LogP contribution in [0.3, 0.4) is 0 Å². The molecule has 1 fully saturated rings. The van der Waals surface area contributed by atoms with E-state index >= 15 is 0 Å². The fraction of sp³-hybridized carbons (Fsp3) is 0.500. The lowest BCUT2D eigenvalue weighted by atomic mass is 9.96. The molecule has 1 amide bonds. The van der Waals surface area contributed by atoms with E-state index in [4.69, 9.17) is 4.52 Å². The Bertz CT molecular complexity index is 588. The van der Waals surface area contributed by atoms with Crippen molar-refractivity contribution in [2.45, 2.75) is 19.4 Å². The lowest BCUT2D eigenvalue weighted by Gasteiger charge is -2.29. The minimum atomic E-state index is 0.135. The Kier molecular flexibility index (Phi) is 4.31. The van der Waals surface area contributed by atoms with Crippen molar-refractivity contribution in [3.05, 3.63) is 23.4 Å². The molecule has 1 aliphatic rings. The molecule has 0 bridgehead atoms. The lowest BCUT2D eigenvalue weighted by Crippen LogP contribution is -2.39. The van der Waals surface area contributed by atoms with Crippen LogP contribution in [0, 0.1) is 5.92 Å². The quantitative estimate of drug-likeness (QED) is 0.932. The highest BCUT2D eigenvalue weighted by atomic mass is 32.1. The Balaban J connectivity index is 1.55. The first-order valence-electron chi connectivity index (χ1n) is 7.06. The van der Waals surface area contributed by atoms with E-state index in [2.05, 4.69) is 20.4 Å². The van der Waals surface area contributed by atoms with Gasteiger partial charge in [-0.05, 0) is 37.4 Å². The minimum Gasteiger partial charge on any atom is -0.359 e. The van der Waals surface area contributed by atoms with E-state index in [0.29, 0.717) is 18.3 Å². The van der Waals surface area contributed by atoms with Crippen LogP contribution in [0.1, 0.15) is 18.7 Å². The molecule has 2 aromatic rings. The SMILES string of the molecule is CNC(=O)C1CCN(Cc2nc(-c3cccs3)no2)CC1. The van der Waals surface area contributed by atoms with Gasteiger partial charge in [-0.15, -0.1) is 11.3 Å². The highest BCUT2D eigenvalue weighted by Gasteiger charge is 2.25. The zero-order valence-electron chi connectivity index (χ0n) is 11.9. The van der Waals surface area contributed by atoms with Crippen molar-refractivity contribution in [2.75, 3.05) is 20.1 Å². The monoisotopic (exact) mass is 306 g/mol. The zero-order valence-corrected chi connectivity index (χ0v) is 12.7. The van der Waals surface area contributed by atoms with Gasteiger partial charge in [-0.2, -0.15) is 4.98 Å². The molecule has 0 radical (unpaired) electrons. The molecule has 7 heteroatoms. The summed E-state index contributed by atoms with van der Waals surface area (Å²) in [7, 11) is 1.69. The number of nitrogens with zero attached hydrogens (tertiary/aromatic N) is 3. The fourth-order valence-corrected chi connectivity index (χ4v) is 3.22. The maximum atomic E-state index is 11.6. The van der Waals surface area contributed by atoms with Crippen molar-refractivity contribution in [1.29, 1.82) is 0 Å². The molecule has 0 spiro atoms. The van der Waals surface area contributed by atoms with Gasteiger partial charge in [-0.3, -0.25) is 9.69 Å². The maximum absolute atomic E-state index is 11.6. The molecule has 3 rings (SSSR count). The number of carbonyl (C=O) groups excluding carboxylic acids is 1. The lowest BCUT2D eigenvalue weighted by molar-refractivity contribution is -0.125. The molecule has 0 atom stereocenters. The second-order valence-electron chi connectivity index (χ2n) is 5.15. The molecule has 1 N–H and O–H groups in total. The van der Waals surface area contributed by atoms with Crippen LogP contribution in [0.15, 0.2) is 22.0 Å². The van der Waals surface area contributed by atoms with E-state index in [-0.39, 0.29) is 11.8 Å². The number of aromatic nitrogens is 2. The number of hydrogen-bond acceptors (Lipinski definition) is 6. The Morgan fingerprint density at radius 3 is 3.00 bits per heavy atom. The Morgan fingerprint density at radius 1 is 1.52 bits per heavy atom. The summed E-state index contributed by atoms with van der Waals surface area (Å²) >= 11 is 1.60. The molecule has 112 valence electrons. The van der Waals surface area contributed by atoms with Crippen LogP contribution in [0.4, 0.5) is 0 Å². The van der Waals surface area contributed by atoms with E-state index in [1.54, 1.807) is 18.4 Å². The van der Waals surface area contributed by atoms with Gasteiger partial charge in [-0.25, -0.2) is 0 Å². The molecule has 1 saturated heterocycles. The number of thiophene rings is 1. The van der Waals surface area contributed by atoms with Crippen LogP contribution >= 0.6 is 11.3 Å². The molecule has 6 nitrogen and oxygen atoms in total. The summed E-state index contributed by atoms with van der Waals surface area (Å²) in [6.45, 7) is 2.42. The number of piperidine rings is 1. The third kappa shape index (κ3) is 3.30. The predicted molar refractivity (Wildman–Crippen MR) is 79.7 cm³/mol. The van der Waals surface area contributed by atoms with E-state index < -0.39 is 0 Å². The number of carbonyl (C=O) groups is 1. The summed E-state index contributed by atoms with van der Waals surface area (Å²) < 4.78 is 5.31. The largest absolute Gasteiger partial charge is 0.359 e. The predicted octanol–water partition coefficient (Wildman–Crippen LogP) is 1.76. The van der Waals surface area contributed by atoms with Crippen molar-refractivity contribution < 1.29 is 9.32 Å². The van der Waals surface area contributed by atoms with Gasteiger partial charge in [0.25, 0.3) is 0 Å². The van der Waals surface area contributed by atoms with Crippen molar-refractivity contribution in [3.8, 4) is 10.7 Å². The van der Waals surface area contributed by atoms with Gasteiger partial charge in [0.1, 0.15) is 0 Å². The average Bonchev–Trinajstić information content (AvgIpc) is 3.18. The molecule has 0 aliphatic carbocycles. The third-order valence-corrected chi connectivity index (χ3v) is 4.64. The normalized spacial score (nSPS) is 17.0. The topological polar surface area (TPSA) is 71.3 Å². The summed E-state index contributed by atoms with van der Waals surface area (Å²) in [5, 5.41) is 8.73. The van der Waals surface area contributed by atoms with E-state index in [9.17, 15) is 4.79 Å². The fourth-order valence-electron chi connectivity index (χ4n) is 2.57. The van der Waals surface area contributed by atoms with Gasteiger partial charge >= 0.3 is 0 Å². The molecule has 0 unspecified atom stereocenters. The van der Waals surface area contributed by atoms with Crippen molar-refractivity contribution in [3.63, 3.8) is 0 Å². The molecule has 2 aromatic heterocycles. The number of rotatable bonds is 4. The van der Waals surface area contributed by atoms with Gasteiger partial charge in [-0.1, -0.05) is 11.2 Å². The Morgan fingerprint density at radius 2 is 2.33 bits per heavy atom. The summed E-state index contributed by atoms with van der Waals surface area (Å²) in [5.74, 6) is 1.57. The van der Waals surface area contributed by atoms with Crippen LogP contribution in [-0.4, -0.2) is 41.1 Å². The molecule has 0 saturated carbocycles. The maximum Gasteiger partial charge on any atom is 0.241 e. The minimum absolute atomic E-state index is 0.135. The number of nitrogens with one attached hydrogen (secondary N) is 1. The first kappa shape index (κ1) is 14.2. The van der Waals surface area contributed by atoms with Crippen molar-refractivity contribution in [2.24, 2.45) is 5.92 Å². The first-order chi connectivity index (χ1) is 10.3. The third-order valence-electron chi connectivity index (χ3n) is 3.77. The van der Waals surface area contributed by atoms with Crippen LogP contribution < -0.4 is 5.32 Å². The van der Waals surface area contributed by atoms with Crippen LogP contribution in [0.2, 0.25) is 0 Å². The number of likely N-dealkylation sites (tertiary alicyclic amines) is 1. The second kappa shape index (κ2) is 6.36. The van der Waals surface area contributed by atoms with E-state index in [1.807, 2.05) is 17.5 Å². The first-order valence-corrected chi connectivity index (χ1v) is 7.94. The van der Waals surface area contributed by atoms with Crippen LogP contribution in [0.25, 0.3) is 10.7 Å². The van der Waals surface area contributed by atoms with Gasteiger partial charge in [0.05, 0.1) is 11.4 Å². The summed E-state index contributed by atoms with van der Waals surface area (Å²) in [4.78, 5) is 19.3. The number of hydrogen-bond donors (Lipinski definition) is 1. The average molecular weight is 306 g/mol. The van der Waals surface area contributed by atoms with E-state index in [1.165, 1.54) is 0 Å². The summed E-state index contributed by atoms with van der Waals surface area (Å²) in [6.07, 6.45) is 1.76. The van der Waals surface area contributed by atoms with Gasteiger partial charge in [0.2, 0.25) is 17.6 Å². The molecular formula is C14H18N4O2S. The Hall–Kier alpha value is -1.73.